The van der Waals surface area contributed by atoms with Crippen LogP contribution in [0.1, 0.15) is 32.0 Å². The minimum Gasteiger partial charge on any atom is -0.459 e. The Kier molecular flexibility index (Phi) is 6.09. The summed E-state index contributed by atoms with van der Waals surface area (Å²) in [7, 11) is 0. The van der Waals surface area contributed by atoms with Gasteiger partial charge in [-0.3, -0.25) is 9.59 Å². The quantitative estimate of drug-likeness (QED) is 0.619. The number of carbonyl (C=O) groups excluding carboxylic acids is 3. The van der Waals surface area contributed by atoms with Crippen LogP contribution in [0.5, 0.6) is 0 Å². The van der Waals surface area contributed by atoms with Crippen molar-refractivity contribution in [2.24, 2.45) is 0 Å². The number of rotatable bonds is 6. The van der Waals surface area contributed by atoms with E-state index in [1.54, 1.807) is 24.3 Å². The second-order valence-electron chi connectivity index (χ2n) is 6.48. The molecule has 0 radical (unpaired) electrons. The lowest BCUT2D eigenvalue weighted by Crippen LogP contribution is -2.22. The summed E-state index contributed by atoms with van der Waals surface area (Å²) >= 11 is 0. The highest BCUT2D eigenvalue weighted by molar-refractivity contribution is 6.07. The summed E-state index contributed by atoms with van der Waals surface area (Å²) in [6, 6.07) is 15.1. The van der Waals surface area contributed by atoms with Gasteiger partial charge in [-0.25, -0.2) is 4.79 Å². The first-order chi connectivity index (χ1) is 13.9. The summed E-state index contributed by atoms with van der Waals surface area (Å²) in [6.45, 7) is 3.40. The van der Waals surface area contributed by atoms with E-state index in [-0.39, 0.29) is 17.0 Å². The molecule has 0 aliphatic carbocycles. The fourth-order valence-electron chi connectivity index (χ4n) is 2.81. The average Bonchev–Trinajstić information content (AvgIpc) is 3.20. The maximum absolute atomic E-state index is 12.4. The van der Waals surface area contributed by atoms with E-state index in [0.29, 0.717) is 5.69 Å². The first-order valence-corrected chi connectivity index (χ1v) is 8.91. The van der Waals surface area contributed by atoms with Crippen molar-refractivity contribution in [1.29, 1.82) is 0 Å². The molecule has 0 atom stereocenters. The number of furan rings is 1. The molecule has 148 valence electrons. The van der Waals surface area contributed by atoms with Crippen LogP contribution in [0.15, 0.2) is 65.3 Å². The molecule has 7 nitrogen and oxygen atoms in total. The van der Waals surface area contributed by atoms with Crippen LogP contribution in [0.25, 0.3) is 0 Å². The molecule has 1 heterocycles. The molecule has 2 amide bonds. The van der Waals surface area contributed by atoms with Gasteiger partial charge in [-0.15, -0.1) is 0 Å². The summed E-state index contributed by atoms with van der Waals surface area (Å²) in [4.78, 5) is 36.7. The molecular formula is C22H20N2O5. The molecule has 7 heteroatoms. The zero-order chi connectivity index (χ0) is 20.8. The van der Waals surface area contributed by atoms with Crippen LogP contribution in [0.2, 0.25) is 0 Å². The molecular weight excluding hydrogens is 372 g/mol. The van der Waals surface area contributed by atoms with Gasteiger partial charge in [0.1, 0.15) is 0 Å². The number of hydrogen-bond donors (Lipinski definition) is 2. The van der Waals surface area contributed by atoms with Crippen LogP contribution in [0.4, 0.5) is 11.4 Å². The standard InChI is InChI=1S/C22H20N2O5/c1-14-10-15(2)12-16(11-14)23-20(25)13-29-22(27)17-6-3-4-7-18(17)24-21(26)19-8-5-9-28-19/h3-12H,13H2,1-2H3,(H,23,25)(H,24,26). The third-order valence-corrected chi connectivity index (χ3v) is 3.98. The average molecular weight is 392 g/mol. The maximum atomic E-state index is 12.4. The predicted molar refractivity (Wildman–Crippen MR) is 108 cm³/mol. The van der Waals surface area contributed by atoms with E-state index in [4.69, 9.17) is 9.15 Å². The Labute approximate surface area is 167 Å². The van der Waals surface area contributed by atoms with Crippen molar-refractivity contribution in [3.05, 3.63) is 83.3 Å². The number of ether oxygens (including phenoxy) is 1. The van der Waals surface area contributed by atoms with Crippen molar-refractivity contribution >= 4 is 29.2 Å². The van der Waals surface area contributed by atoms with Crippen LogP contribution in [-0.2, 0) is 9.53 Å². The van der Waals surface area contributed by atoms with Crippen molar-refractivity contribution in [3.8, 4) is 0 Å². The van der Waals surface area contributed by atoms with E-state index in [1.807, 2.05) is 32.0 Å². The Bertz CT molecular complexity index is 1020. The van der Waals surface area contributed by atoms with Gasteiger partial charge < -0.3 is 19.8 Å². The molecule has 0 fully saturated rings. The Hall–Kier alpha value is -3.87. The fourth-order valence-corrected chi connectivity index (χ4v) is 2.81. The lowest BCUT2D eigenvalue weighted by molar-refractivity contribution is -0.119. The molecule has 3 rings (SSSR count). The van der Waals surface area contributed by atoms with Gasteiger partial charge in [-0.05, 0) is 61.4 Å². The highest BCUT2D eigenvalue weighted by atomic mass is 16.5. The molecule has 0 saturated carbocycles. The highest BCUT2D eigenvalue weighted by Gasteiger charge is 2.17. The third kappa shape index (κ3) is 5.32. The van der Waals surface area contributed by atoms with Crippen molar-refractivity contribution < 1.29 is 23.5 Å². The van der Waals surface area contributed by atoms with Gasteiger partial charge in [0.2, 0.25) is 0 Å². The number of para-hydroxylation sites is 1. The molecule has 2 N–H and O–H groups in total. The first-order valence-electron chi connectivity index (χ1n) is 8.91. The fraction of sp³-hybridized carbons (Fsp3) is 0.136. The van der Waals surface area contributed by atoms with Gasteiger partial charge in [0, 0.05) is 5.69 Å². The van der Waals surface area contributed by atoms with Crippen LogP contribution in [0, 0.1) is 13.8 Å². The normalized spacial score (nSPS) is 10.3. The van der Waals surface area contributed by atoms with Gasteiger partial charge in [0.15, 0.2) is 12.4 Å². The lowest BCUT2D eigenvalue weighted by atomic mass is 10.1. The van der Waals surface area contributed by atoms with Crippen LogP contribution >= 0.6 is 0 Å². The lowest BCUT2D eigenvalue weighted by Gasteiger charge is -2.11. The van der Waals surface area contributed by atoms with Gasteiger partial charge in [0.05, 0.1) is 17.5 Å². The maximum Gasteiger partial charge on any atom is 0.340 e. The number of carbonyl (C=O) groups is 3. The van der Waals surface area contributed by atoms with Gasteiger partial charge in [-0.2, -0.15) is 0 Å². The van der Waals surface area contributed by atoms with Crippen molar-refractivity contribution in [2.45, 2.75) is 13.8 Å². The summed E-state index contributed by atoms with van der Waals surface area (Å²) < 4.78 is 10.1. The van der Waals surface area contributed by atoms with E-state index >= 15 is 0 Å². The van der Waals surface area contributed by atoms with Gasteiger partial charge in [-0.1, -0.05) is 18.2 Å². The third-order valence-electron chi connectivity index (χ3n) is 3.98. The number of nitrogens with one attached hydrogen (secondary N) is 2. The second-order valence-corrected chi connectivity index (χ2v) is 6.48. The van der Waals surface area contributed by atoms with Crippen molar-refractivity contribution in [3.63, 3.8) is 0 Å². The Morgan fingerprint density at radius 3 is 2.34 bits per heavy atom. The van der Waals surface area contributed by atoms with Crippen molar-refractivity contribution in [1.82, 2.24) is 0 Å². The van der Waals surface area contributed by atoms with Crippen molar-refractivity contribution in [2.75, 3.05) is 17.2 Å². The molecule has 0 aliphatic rings. The molecule has 0 saturated heterocycles. The van der Waals surface area contributed by atoms with E-state index < -0.39 is 24.4 Å². The molecule has 2 aromatic carbocycles. The monoisotopic (exact) mass is 392 g/mol. The summed E-state index contributed by atoms with van der Waals surface area (Å²) in [5, 5.41) is 5.30. The van der Waals surface area contributed by atoms with E-state index in [2.05, 4.69) is 10.6 Å². The summed E-state index contributed by atoms with van der Waals surface area (Å²) in [5.74, 6) is -1.57. The van der Waals surface area contributed by atoms with E-state index in [1.165, 1.54) is 18.4 Å². The molecule has 0 unspecified atom stereocenters. The molecule has 0 aliphatic heterocycles. The Morgan fingerprint density at radius 1 is 0.931 bits per heavy atom. The molecule has 1 aromatic heterocycles. The Morgan fingerprint density at radius 2 is 1.66 bits per heavy atom. The first kappa shape index (κ1) is 19.9. The smallest absolute Gasteiger partial charge is 0.340 e. The number of amides is 2. The zero-order valence-electron chi connectivity index (χ0n) is 16.0. The molecule has 0 bridgehead atoms. The largest absolute Gasteiger partial charge is 0.459 e. The van der Waals surface area contributed by atoms with E-state index in [0.717, 1.165) is 11.1 Å². The zero-order valence-corrected chi connectivity index (χ0v) is 16.0. The number of aryl methyl sites for hydroxylation is 2. The van der Waals surface area contributed by atoms with E-state index in [9.17, 15) is 14.4 Å². The minimum absolute atomic E-state index is 0.112. The van der Waals surface area contributed by atoms with Crippen LogP contribution < -0.4 is 10.6 Å². The van der Waals surface area contributed by atoms with Crippen LogP contribution in [0.3, 0.4) is 0 Å². The van der Waals surface area contributed by atoms with Crippen LogP contribution in [-0.4, -0.2) is 24.4 Å². The number of hydrogen-bond acceptors (Lipinski definition) is 5. The number of benzene rings is 2. The number of esters is 1. The second kappa shape index (κ2) is 8.88. The topological polar surface area (TPSA) is 97.6 Å². The molecule has 3 aromatic rings. The summed E-state index contributed by atoms with van der Waals surface area (Å²) in [6.07, 6.45) is 1.38. The predicted octanol–water partition coefficient (Wildman–Crippen LogP) is 3.94. The summed E-state index contributed by atoms with van der Waals surface area (Å²) in [5.41, 5.74) is 3.05. The Balaban J connectivity index is 1.62. The number of anilines is 2. The SMILES string of the molecule is Cc1cc(C)cc(NC(=O)COC(=O)c2ccccc2NC(=O)c2ccco2)c1. The minimum atomic E-state index is -0.726. The molecule has 0 spiro atoms. The highest BCUT2D eigenvalue weighted by Crippen LogP contribution is 2.18. The molecule has 29 heavy (non-hydrogen) atoms. The van der Waals surface area contributed by atoms with Gasteiger partial charge in [0.25, 0.3) is 11.8 Å². The van der Waals surface area contributed by atoms with Gasteiger partial charge >= 0.3 is 5.97 Å².